The van der Waals surface area contributed by atoms with Gasteiger partial charge in [0.15, 0.2) is 0 Å². The number of nitrogens with two attached hydrogens (primary N) is 2. The highest BCUT2D eigenvalue weighted by atomic mass is 16.4. The molecule has 0 fully saturated rings. The first kappa shape index (κ1) is 26.5. The van der Waals surface area contributed by atoms with Gasteiger partial charge >= 0.3 is 5.97 Å². The fourth-order valence-electron chi connectivity index (χ4n) is 2.54. The van der Waals surface area contributed by atoms with Crippen molar-refractivity contribution < 1.29 is 34.2 Å². The summed E-state index contributed by atoms with van der Waals surface area (Å²) in [5, 5.41) is 25.5. The summed E-state index contributed by atoms with van der Waals surface area (Å²) in [6, 6.07) is -5.28. The molecule has 1 heterocycles. The number of carbonyl (C=O) groups is 5. The van der Waals surface area contributed by atoms with Crippen molar-refractivity contribution in [3.63, 3.8) is 0 Å². The van der Waals surface area contributed by atoms with E-state index in [0.717, 1.165) is 0 Å². The lowest BCUT2D eigenvalue weighted by Crippen LogP contribution is -2.59. The Labute approximate surface area is 183 Å². The highest BCUT2D eigenvalue weighted by Crippen LogP contribution is 2.03. The molecule has 0 radical (unpaired) electrons. The van der Waals surface area contributed by atoms with Crippen LogP contribution in [0.3, 0.4) is 0 Å². The molecule has 0 aliphatic rings. The third-order valence-electron chi connectivity index (χ3n) is 4.47. The predicted molar refractivity (Wildman–Crippen MR) is 109 cm³/mol. The van der Waals surface area contributed by atoms with E-state index in [1.165, 1.54) is 12.5 Å². The minimum atomic E-state index is -1.61. The summed E-state index contributed by atoms with van der Waals surface area (Å²) in [5.41, 5.74) is 11.2. The van der Waals surface area contributed by atoms with E-state index in [0.29, 0.717) is 5.69 Å². The molecule has 4 amide bonds. The van der Waals surface area contributed by atoms with Gasteiger partial charge in [-0.05, 0) is 5.92 Å². The quantitative estimate of drug-likeness (QED) is 0.146. The number of hydrogen-bond donors (Lipinski definition) is 8. The summed E-state index contributed by atoms with van der Waals surface area (Å²) in [4.78, 5) is 66.4. The number of aliphatic carboxylic acids is 1. The highest BCUT2D eigenvalue weighted by Gasteiger charge is 2.31. The van der Waals surface area contributed by atoms with Crippen LogP contribution in [0.5, 0.6) is 0 Å². The second kappa shape index (κ2) is 12.4. The van der Waals surface area contributed by atoms with Gasteiger partial charge in [0, 0.05) is 18.3 Å². The normalized spacial score (nSPS) is 14.7. The second-order valence-electron chi connectivity index (χ2n) is 7.43. The molecule has 10 N–H and O–H groups in total. The zero-order chi connectivity index (χ0) is 24.4. The van der Waals surface area contributed by atoms with Gasteiger partial charge in [-0.1, -0.05) is 13.8 Å². The lowest BCUT2D eigenvalue weighted by molar-refractivity contribution is -0.143. The average molecular weight is 455 g/mol. The van der Waals surface area contributed by atoms with Crippen LogP contribution in [-0.2, 0) is 30.4 Å². The fourth-order valence-corrected chi connectivity index (χ4v) is 2.54. The van der Waals surface area contributed by atoms with Crippen LogP contribution < -0.4 is 27.4 Å². The zero-order valence-corrected chi connectivity index (χ0v) is 17.7. The molecular weight excluding hydrogens is 426 g/mol. The van der Waals surface area contributed by atoms with Crippen LogP contribution in [0.25, 0.3) is 0 Å². The number of H-pyrrole nitrogens is 1. The van der Waals surface area contributed by atoms with E-state index < -0.39 is 66.8 Å². The average Bonchev–Trinajstić information content (AvgIpc) is 3.22. The molecule has 14 heteroatoms. The molecule has 14 nitrogen and oxygen atoms in total. The van der Waals surface area contributed by atoms with Crippen LogP contribution in [0.4, 0.5) is 0 Å². The molecular formula is C18H29N7O7. The monoisotopic (exact) mass is 455 g/mol. The molecule has 1 rings (SSSR count). The van der Waals surface area contributed by atoms with E-state index >= 15 is 0 Å². The Kier molecular flexibility index (Phi) is 10.2. The van der Waals surface area contributed by atoms with Crippen LogP contribution in [0.15, 0.2) is 12.5 Å². The standard InChI is InChI=1S/C18H29N7O7/c1-8(2)14(20)17(30)25-12(6-26)16(29)23-10(3-9-5-21-7-22-9)15(28)24-11(18(31)32)4-13(19)27/h5,7-8,10-12,14,26H,3-4,6,20H2,1-2H3,(H2,19,27)(H,21,22)(H,23,29)(H,24,28)(H,25,30)(H,31,32). The summed E-state index contributed by atoms with van der Waals surface area (Å²) < 4.78 is 0. The number of imidazole rings is 1. The van der Waals surface area contributed by atoms with Crippen molar-refractivity contribution in [3.05, 3.63) is 18.2 Å². The van der Waals surface area contributed by atoms with Crippen molar-refractivity contribution in [1.82, 2.24) is 25.9 Å². The number of aromatic amines is 1. The van der Waals surface area contributed by atoms with Gasteiger partial charge in [-0.2, -0.15) is 0 Å². The fraction of sp³-hybridized carbons (Fsp3) is 0.556. The zero-order valence-electron chi connectivity index (χ0n) is 17.7. The van der Waals surface area contributed by atoms with Gasteiger partial charge in [-0.15, -0.1) is 0 Å². The maximum Gasteiger partial charge on any atom is 0.326 e. The molecule has 4 unspecified atom stereocenters. The summed E-state index contributed by atoms with van der Waals surface area (Å²) in [7, 11) is 0. The highest BCUT2D eigenvalue weighted by molar-refractivity contribution is 5.95. The molecule has 0 saturated heterocycles. The number of carbonyl (C=O) groups excluding carboxylic acids is 4. The van der Waals surface area contributed by atoms with Gasteiger partial charge < -0.3 is 42.6 Å². The molecule has 1 aromatic heterocycles. The first-order valence-electron chi connectivity index (χ1n) is 9.72. The number of hydrogen-bond acceptors (Lipinski definition) is 8. The van der Waals surface area contributed by atoms with Gasteiger partial charge in [-0.25, -0.2) is 9.78 Å². The lowest BCUT2D eigenvalue weighted by atomic mass is 10.0. The maximum atomic E-state index is 12.7. The number of primary amides is 1. The van der Waals surface area contributed by atoms with Crippen LogP contribution in [0, 0.1) is 5.92 Å². The van der Waals surface area contributed by atoms with Crippen LogP contribution in [-0.4, -0.2) is 80.6 Å². The number of rotatable bonds is 13. The van der Waals surface area contributed by atoms with Crippen molar-refractivity contribution >= 4 is 29.6 Å². The van der Waals surface area contributed by atoms with E-state index in [1.807, 2.05) is 0 Å². The third-order valence-corrected chi connectivity index (χ3v) is 4.47. The minimum Gasteiger partial charge on any atom is -0.480 e. The molecule has 0 spiro atoms. The van der Waals surface area contributed by atoms with E-state index in [-0.39, 0.29) is 12.3 Å². The third kappa shape index (κ3) is 8.31. The van der Waals surface area contributed by atoms with E-state index in [4.69, 9.17) is 11.5 Å². The summed E-state index contributed by atoms with van der Waals surface area (Å²) >= 11 is 0. The molecule has 0 saturated carbocycles. The molecule has 0 aliphatic heterocycles. The molecule has 0 aliphatic carbocycles. The minimum absolute atomic E-state index is 0.127. The number of carboxylic acid groups (broad SMARTS) is 1. The summed E-state index contributed by atoms with van der Waals surface area (Å²) in [6.45, 7) is 2.63. The number of amides is 4. The maximum absolute atomic E-state index is 12.7. The number of aliphatic hydroxyl groups excluding tert-OH is 1. The Bertz CT molecular complexity index is 813. The first-order chi connectivity index (χ1) is 15.0. The van der Waals surface area contributed by atoms with Crippen molar-refractivity contribution in [3.8, 4) is 0 Å². The van der Waals surface area contributed by atoms with Gasteiger partial charge in [0.2, 0.25) is 23.6 Å². The van der Waals surface area contributed by atoms with E-state index in [9.17, 15) is 34.2 Å². The Morgan fingerprint density at radius 3 is 2.06 bits per heavy atom. The second-order valence-corrected chi connectivity index (χ2v) is 7.43. The molecule has 4 atom stereocenters. The number of aromatic nitrogens is 2. The van der Waals surface area contributed by atoms with Crippen molar-refractivity contribution in [2.45, 2.75) is 50.9 Å². The Morgan fingerprint density at radius 1 is 1.03 bits per heavy atom. The first-order valence-corrected chi connectivity index (χ1v) is 9.72. The molecule has 178 valence electrons. The summed E-state index contributed by atoms with van der Waals surface area (Å²) in [5.74, 6) is -5.17. The van der Waals surface area contributed by atoms with Crippen LogP contribution in [0.1, 0.15) is 26.0 Å². The van der Waals surface area contributed by atoms with E-state index in [2.05, 4.69) is 25.9 Å². The SMILES string of the molecule is CC(C)C(N)C(=O)NC(CO)C(=O)NC(Cc1cnc[nH]1)C(=O)NC(CC(N)=O)C(=O)O. The van der Waals surface area contributed by atoms with Crippen LogP contribution in [0.2, 0.25) is 0 Å². The van der Waals surface area contributed by atoms with Gasteiger partial charge in [0.05, 0.1) is 25.4 Å². The predicted octanol–water partition coefficient (Wildman–Crippen LogP) is -3.66. The van der Waals surface area contributed by atoms with Gasteiger partial charge in [0.25, 0.3) is 0 Å². The lowest BCUT2D eigenvalue weighted by Gasteiger charge is -2.24. The van der Waals surface area contributed by atoms with Crippen molar-refractivity contribution in [2.24, 2.45) is 17.4 Å². The molecule has 0 bridgehead atoms. The van der Waals surface area contributed by atoms with Gasteiger partial charge in [-0.3, -0.25) is 19.2 Å². The molecule has 0 aromatic carbocycles. The Balaban J connectivity index is 2.98. The number of nitrogens with zero attached hydrogens (tertiary/aromatic N) is 1. The Hall–Kier alpha value is -3.52. The van der Waals surface area contributed by atoms with Crippen molar-refractivity contribution in [1.29, 1.82) is 0 Å². The number of carboxylic acids is 1. The molecule has 32 heavy (non-hydrogen) atoms. The van der Waals surface area contributed by atoms with Crippen molar-refractivity contribution in [2.75, 3.05) is 6.61 Å². The smallest absolute Gasteiger partial charge is 0.326 e. The largest absolute Gasteiger partial charge is 0.480 e. The topological polar surface area (TPSA) is 243 Å². The summed E-state index contributed by atoms with van der Waals surface area (Å²) in [6.07, 6.45) is 1.94. The number of nitrogens with one attached hydrogen (secondary N) is 4. The number of aliphatic hydroxyl groups is 1. The molecule has 1 aromatic rings. The van der Waals surface area contributed by atoms with Crippen LogP contribution >= 0.6 is 0 Å². The Morgan fingerprint density at radius 2 is 1.59 bits per heavy atom. The van der Waals surface area contributed by atoms with E-state index in [1.54, 1.807) is 13.8 Å². The van der Waals surface area contributed by atoms with Gasteiger partial charge in [0.1, 0.15) is 18.1 Å².